The van der Waals surface area contributed by atoms with Gasteiger partial charge in [-0.05, 0) is 39.0 Å². The van der Waals surface area contributed by atoms with Crippen molar-refractivity contribution in [2.45, 2.75) is 113 Å². The van der Waals surface area contributed by atoms with E-state index in [9.17, 15) is 35.9 Å². The van der Waals surface area contributed by atoms with Crippen LogP contribution >= 0.6 is 0 Å². The van der Waals surface area contributed by atoms with Gasteiger partial charge in [-0.25, -0.2) is 5.10 Å². The van der Waals surface area contributed by atoms with Crippen LogP contribution in [-0.2, 0) is 11.0 Å². The number of piperidine rings is 1. The van der Waals surface area contributed by atoms with Gasteiger partial charge in [-0.3, -0.25) is 25.1 Å². The van der Waals surface area contributed by atoms with Crippen LogP contribution < -0.4 is 26.8 Å². The molecule has 1 aromatic rings. The second-order valence-electron chi connectivity index (χ2n) is 13.1. The molecule has 10 nitrogen and oxygen atoms in total. The van der Waals surface area contributed by atoms with E-state index in [1.165, 1.54) is 0 Å². The molecule has 4 aliphatic rings. The predicted octanol–water partition coefficient (Wildman–Crippen LogP) is 3.38. The van der Waals surface area contributed by atoms with Gasteiger partial charge in [0.05, 0.1) is 23.8 Å². The van der Waals surface area contributed by atoms with Crippen LogP contribution in [0.1, 0.15) is 76.7 Å². The summed E-state index contributed by atoms with van der Waals surface area (Å²) >= 11 is 0. The molecule has 5 rings (SSSR count). The molecule has 1 aliphatic carbocycles. The van der Waals surface area contributed by atoms with Crippen LogP contribution in [0.3, 0.4) is 0 Å². The fourth-order valence-corrected chi connectivity index (χ4v) is 7.66. The molecule has 1 saturated carbocycles. The zero-order valence-electron chi connectivity index (χ0n) is 25.5. The Morgan fingerprint density at radius 1 is 1.00 bits per heavy atom. The number of nitrogens with zero attached hydrogens (tertiary/aromatic N) is 3. The SMILES string of the molecule is C[C@H](CN[C@H]1CCN(C2CCN(C3NCC(C(F)(F)F)C4(CCCCCCC4)N3)CC2)C1=O)Nc1cn[nH]c(=O)c1C(F)(F)F. The Balaban J connectivity index is 1.12. The fourth-order valence-electron chi connectivity index (χ4n) is 7.66. The van der Waals surface area contributed by atoms with Gasteiger partial charge in [0.25, 0.3) is 5.56 Å². The lowest BCUT2D eigenvalue weighted by Gasteiger charge is -2.53. The van der Waals surface area contributed by atoms with Gasteiger partial charge in [-0.1, -0.05) is 32.1 Å². The minimum absolute atomic E-state index is 0.00873. The van der Waals surface area contributed by atoms with Gasteiger partial charge < -0.3 is 15.5 Å². The number of H-pyrrole nitrogens is 1. The molecule has 4 heterocycles. The van der Waals surface area contributed by atoms with E-state index in [0.717, 1.165) is 38.3 Å². The summed E-state index contributed by atoms with van der Waals surface area (Å²) < 4.78 is 82.5. The number of likely N-dealkylation sites (tertiary alicyclic amines) is 2. The molecule has 5 N–H and O–H groups in total. The Labute approximate surface area is 258 Å². The molecule has 1 amide bonds. The third kappa shape index (κ3) is 7.76. The number of amides is 1. The number of hydrogen-bond donors (Lipinski definition) is 5. The molecular formula is C29H44F6N8O2. The molecule has 4 atom stereocenters. The summed E-state index contributed by atoms with van der Waals surface area (Å²) in [6.07, 6.45) is -1.04. The first-order chi connectivity index (χ1) is 21.3. The first-order valence-electron chi connectivity index (χ1n) is 16.1. The van der Waals surface area contributed by atoms with Gasteiger partial charge in [0.15, 0.2) is 0 Å². The van der Waals surface area contributed by atoms with E-state index in [0.29, 0.717) is 51.7 Å². The molecule has 4 fully saturated rings. The van der Waals surface area contributed by atoms with Crippen molar-refractivity contribution in [1.29, 1.82) is 0 Å². The van der Waals surface area contributed by atoms with E-state index in [4.69, 9.17) is 0 Å². The smallest absolute Gasteiger partial charge is 0.379 e. The number of carbonyl (C=O) groups is 1. The number of anilines is 1. The molecule has 0 radical (unpaired) electrons. The van der Waals surface area contributed by atoms with Gasteiger partial charge in [-0.15, -0.1) is 0 Å². The fraction of sp³-hybridized carbons (Fsp3) is 0.828. The van der Waals surface area contributed by atoms with Gasteiger partial charge in [-0.2, -0.15) is 31.4 Å². The second kappa shape index (κ2) is 13.7. The number of nitrogens with one attached hydrogen (secondary N) is 5. The molecule has 3 aliphatic heterocycles. The average molecular weight is 651 g/mol. The number of aromatic nitrogens is 2. The molecule has 0 aromatic carbocycles. The van der Waals surface area contributed by atoms with Crippen molar-refractivity contribution in [3.05, 3.63) is 22.1 Å². The minimum atomic E-state index is -4.85. The molecule has 0 bridgehead atoms. The lowest BCUT2D eigenvalue weighted by atomic mass is 9.72. The van der Waals surface area contributed by atoms with Gasteiger partial charge in [0, 0.05) is 50.3 Å². The highest BCUT2D eigenvalue weighted by Crippen LogP contribution is 2.43. The number of alkyl halides is 6. The second-order valence-corrected chi connectivity index (χ2v) is 13.1. The quantitative estimate of drug-likeness (QED) is 0.286. The van der Waals surface area contributed by atoms with E-state index in [1.54, 1.807) is 12.0 Å². The molecule has 16 heteroatoms. The third-order valence-corrected chi connectivity index (χ3v) is 10.0. The molecule has 2 unspecified atom stereocenters. The summed E-state index contributed by atoms with van der Waals surface area (Å²) in [4.78, 5) is 29.0. The summed E-state index contributed by atoms with van der Waals surface area (Å²) in [5.74, 6) is -1.50. The van der Waals surface area contributed by atoms with Gasteiger partial charge >= 0.3 is 12.4 Å². The van der Waals surface area contributed by atoms with Crippen LogP contribution in [0, 0.1) is 5.92 Å². The maximum atomic E-state index is 14.1. The maximum Gasteiger partial charge on any atom is 0.423 e. The molecule has 3 saturated heterocycles. The Morgan fingerprint density at radius 2 is 1.67 bits per heavy atom. The van der Waals surface area contributed by atoms with E-state index in [2.05, 4.69) is 31.3 Å². The highest BCUT2D eigenvalue weighted by Gasteiger charge is 2.56. The summed E-state index contributed by atoms with van der Waals surface area (Å²) in [7, 11) is 0. The summed E-state index contributed by atoms with van der Waals surface area (Å²) in [6.45, 7) is 3.54. The highest BCUT2D eigenvalue weighted by molar-refractivity contribution is 5.84. The Kier molecular flexibility index (Phi) is 10.4. The maximum absolute atomic E-state index is 14.1. The normalized spacial score (nSPS) is 28.2. The average Bonchev–Trinajstić information content (AvgIpc) is 3.33. The Hall–Kier alpha value is -2.43. The first kappa shape index (κ1) is 33.9. The number of halogens is 6. The number of rotatable bonds is 7. The van der Waals surface area contributed by atoms with Gasteiger partial charge in [0.1, 0.15) is 11.9 Å². The Morgan fingerprint density at radius 3 is 2.31 bits per heavy atom. The van der Waals surface area contributed by atoms with Crippen molar-refractivity contribution >= 4 is 11.6 Å². The van der Waals surface area contributed by atoms with Crippen molar-refractivity contribution in [2.75, 3.05) is 38.0 Å². The largest absolute Gasteiger partial charge is 0.423 e. The minimum Gasteiger partial charge on any atom is -0.379 e. The first-order valence-corrected chi connectivity index (χ1v) is 16.1. The van der Waals surface area contributed by atoms with Gasteiger partial charge in [0.2, 0.25) is 5.91 Å². The van der Waals surface area contributed by atoms with Crippen molar-refractivity contribution < 1.29 is 31.1 Å². The molecule has 1 spiro atoms. The van der Waals surface area contributed by atoms with E-state index in [-0.39, 0.29) is 31.3 Å². The molecule has 1 aromatic heterocycles. The standard InChI is InChI=1S/C29H44F6N8O2/c1-18(39-21-16-38-41-24(44)23(21)29(33,34)35)15-36-20-9-14-43(25(20)45)19-7-12-42(13-8-19)26-37-17-22(28(30,31)32)27(40-26)10-5-3-2-4-6-11-27/h16,18-20,22,26,36-37,40H,2-15,17H2,1H3,(H2,39,41,44)/t18-,20+,22?,26?/m1/s1. The lowest BCUT2D eigenvalue weighted by Crippen LogP contribution is -2.74. The molecule has 254 valence electrons. The molecule has 45 heavy (non-hydrogen) atoms. The van der Waals surface area contributed by atoms with Crippen molar-refractivity contribution in [3.63, 3.8) is 0 Å². The van der Waals surface area contributed by atoms with Crippen LogP contribution in [0.5, 0.6) is 0 Å². The summed E-state index contributed by atoms with van der Waals surface area (Å²) in [5.41, 5.74) is -4.08. The Bertz CT molecular complexity index is 1210. The van der Waals surface area contributed by atoms with Crippen molar-refractivity contribution in [2.24, 2.45) is 5.92 Å². The van der Waals surface area contributed by atoms with Crippen molar-refractivity contribution in [1.82, 2.24) is 35.9 Å². The van der Waals surface area contributed by atoms with Crippen LogP contribution in [0.4, 0.5) is 32.0 Å². The van der Waals surface area contributed by atoms with Crippen molar-refractivity contribution in [3.8, 4) is 0 Å². The number of hydrogen-bond acceptors (Lipinski definition) is 8. The van der Waals surface area contributed by atoms with E-state index in [1.807, 2.05) is 4.90 Å². The summed E-state index contributed by atoms with van der Waals surface area (Å²) in [5, 5.41) is 17.7. The lowest BCUT2D eigenvalue weighted by molar-refractivity contribution is -0.211. The van der Waals surface area contributed by atoms with Crippen LogP contribution in [0.25, 0.3) is 0 Å². The van der Waals surface area contributed by atoms with Crippen LogP contribution in [0.15, 0.2) is 11.0 Å². The number of carbonyl (C=O) groups excluding carboxylic acids is 1. The zero-order valence-corrected chi connectivity index (χ0v) is 25.5. The van der Waals surface area contributed by atoms with E-state index < -0.39 is 52.7 Å². The zero-order chi connectivity index (χ0) is 32.4. The molecular weight excluding hydrogens is 606 g/mol. The highest BCUT2D eigenvalue weighted by atomic mass is 19.4. The monoisotopic (exact) mass is 650 g/mol. The summed E-state index contributed by atoms with van der Waals surface area (Å²) in [6, 6.07) is -1.00. The third-order valence-electron chi connectivity index (χ3n) is 10.0. The van der Waals surface area contributed by atoms with Crippen LogP contribution in [0.2, 0.25) is 0 Å². The topological polar surface area (TPSA) is 117 Å². The predicted molar refractivity (Wildman–Crippen MR) is 155 cm³/mol. The van der Waals surface area contributed by atoms with E-state index >= 15 is 0 Å². The number of aromatic amines is 1. The van der Waals surface area contributed by atoms with Crippen LogP contribution in [-0.4, -0.2) is 94.8 Å².